The quantitative estimate of drug-likeness (QED) is 0.371. The zero-order valence-corrected chi connectivity index (χ0v) is 0.908. The van der Waals surface area contributed by atoms with Crippen LogP contribution >= 0.6 is 0 Å². The summed E-state index contributed by atoms with van der Waals surface area (Å²) in [7, 11) is 0. The van der Waals surface area contributed by atoms with Gasteiger partial charge in [-0.1, -0.05) is 0 Å². The van der Waals surface area contributed by atoms with Crippen molar-refractivity contribution in [1.82, 2.24) is 0 Å². The first kappa shape index (κ1) is 48.6. The Morgan fingerprint density at radius 3 is 1.00 bits per heavy atom. The predicted octanol–water partition coefficient (Wildman–Crippen LogP) is -2.77. The van der Waals surface area contributed by atoms with Gasteiger partial charge in [0.15, 0.2) is 0 Å². The second kappa shape index (κ2) is 24.2. The zero-order valence-electron chi connectivity index (χ0n) is 0.908. The van der Waals surface area contributed by atoms with E-state index in [1.165, 1.54) is 0 Å². The fourth-order valence-corrected chi connectivity index (χ4v) is 0. The van der Waals surface area contributed by atoms with Crippen LogP contribution in [0.4, 0.5) is 4.70 Å². The van der Waals surface area contributed by atoms with E-state index < -0.39 is 0 Å². The first-order valence-corrected chi connectivity index (χ1v) is 0. The van der Waals surface area contributed by atoms with E-state index in [0.29, 0.717) is 0 Å². The number of rotatable bonds is 0. The van der Waals surface area contributed by atoms with Gasteiger partial charge in [-0.05, 0) is 0 Å². The normalized spacial score (nSPS) is 0. The van der Waals surface area contributed by atoms with Crippen LogP contribution < -0.4 is 0 Å². The van der Waals surface area contributed by atoms with Crippen LogP contribution in [0.15, 0.2) is 0 Å². The van der Waals surface area contributed by atoms with Crippen LogP contribution in [-0.4, -0.2) is 62.8 Å². The van der Waals surface area contributed by atoms with E-state index in [-0.39, 0.29) is 67.5 Å². The molecule has 0 fully saturated rings. The van der Waals surface area contributed by atoms with Gasteiger partial charge in [-0.15, -0.1) is 0 Å². The summed E-state index contributed by atoms with van der Waals surface area (Å²) < 4.78 is 0. The molecule has 1 nitrogen and oxygen atoms in total. The molecule has 0 aliphatic carbocycles. The molecule has 0 aliphatic rings. The molecule has 0 aromatic heterocycles. The van der Waals surface area contributed by atoms with Gasteiger partial charge in [0.05, 0.1) is 8.41 Å². The monoisotopic (exact) mass is 192 g/mol. The average molecular weight is 191 g/mol. The zero-order chi connectivity index (χ0) is 0. The van der Waals surface area contributed by atoms with Crippen LogP contribution in [0.3, 0.4) is 0 Å². The van der Waals surface area contributed by atoms with E-state index in [0.717, 1.165) is 0 Å². The van der Waals surface area contributed by atoms with Crippen molar-refractivity contribution in [3.05, 3.63) is 0 Å². The molecule has 0 amide bonds. The summed E-state index contributed by atoms with van der Waals surface area (Å²) in [6.45, 7) is 0. The van der Waals surface area contributed by atoms with Crippen molar-refractivity contribution in [3.8, 4) is 0 Å². The van der Waals surface area contributed by atoms with Gasteiger partial charge in [-0.3, -0.25) is 4.70 Å². The van der Waals surface area contributed by atoms with Gasteiger partial charge in [-0.2, -0.15) is 0 Å². The molecule has 0 atom stereocenters. The summed E-state index contributed by atoms with van der Waals surface area (Å²) in [4.78, 5) is 0. The molecule has 0 spiro atoms. The van der Waals surface area contributed by atoms with Crippen LogP contribution in [0.2, 0.25) is 0 Å². The Bertz CT molecular complexity index is 8.00. The summed E-state index contributed by atoms with van der Waals surface area (Å²) in [5, 5.41) is 0. The molecule has 0 heterocycles. The standard InChI is InChI=1S/BH3.Ba.FH.H2O.2H/h1H3;;1H;1H2;;. The molecule has 0 aliphatic heterocycles. The molecule has 0 bridgehead atoms. The Morgan fingerprint density at radius 1 is 1.00 bits per heavy atom. The van der Waals surface area contributed by atoms with Crippen molar-refractivity contribution in [1.29, 1.82) is 0 Å². The summed E-state index contributed by atoms with van der Waals surface area (Å²) >= 11 is 0. The molecule has 0 aromatic carbocycles. The Labute approximate surface area is 66.5 Å². The third-order valence-electron chi connectivity index (χ3n) is 0. The van der Waals surface area contributed by atoms with Gasteiger partial charge in [0.2, 0.25) is 0 Å². The third-order valence-corrected chi connectivity index (χ3v) is 0. The van der Waals surface area contributed by atoms with Crippen LogP contribution in [0.5, 0.6) is 0 Å². The van der Waals surface area contributed by atoms with Crippen molar-refractivity contribution >= 4 is 57.3 Å². The molecule has 4 heavy (non-hydrogen) atoms. The first-order valence-electron chi connectivity index (χ1n) is 0. The number of halogens is 1. The SMILES string of the molecule is B.F.O.[BaH2]. The van der Waals surface area contributed by atoms with Crippen LogP contribution in [0, 0.1) is 0 Å². The Kier molecular flexibility index (Phi) is 294. The summed E-state index contributed by atoms with van der Waals surface area (Å²) in [6, 6.07) is 0. The molecule has 0 saturated heterocycles. The minimum absolute atomic E-state index is 0. The summed E-state index contributed by atoms with van der Waals surface area (Å²) in [5.74, 6) is 0. The van der Waals surface area contributed by atoms with E-state index in [1.54, 1.807) is 0 Å². The topological polar surface area (TPSA) is 31.5 Å². The molecular weight excluding hydrogens is 183 g/mol. The molecule has 0 unspecified atom stereocenters. The van der Waals surface area contributed by atoms with E-state index in [9.17, 15) is 0 Å². The molecule has 0 aromatic rings. The van der Waals surface area contributed by atoms with Gasteiger partial charge in [0.25, 0.3) is 0 Å². The summed E-state index contributed by atoms with van der Waals surface area (Å²) in [6.07, 6.45) is 0. The van der Waals surface area contributed by atoms with Crippen molar-refractivity contribution in [2.24, 2.45) is 0 Å². The van der Waals surface area contributed by atoms with E-state index in [1.807, 2.05) is 0 Å². The van der Waals surface area contributed by atoms with Gasteiger partial charge < -0.3 is 5.48 Å². The average Bonchev–Trinajstić information content (AvgIpc) is 0. The first-order chi connectivity index (χ1) is 0. The minimum atomic E-state index is 0. The number of hydrogen-bond acceptors (Lipinski definition) is 0. The molecule has 0 radical (unpaired) electrons. The summed E-state index contributed by atoms with van der Waals surface area (Å²) in [5.41, 5.74) is 0. The van der Waals surface area contributed by atoms with E-state index in [2.05, 4.69) is 0 Å². The Balaban J connectivity index is 0. The van der Waals surface area contributed by atoms with Crippen LogP contribution in [0.25, 0.3) is 0 Å². The molecule has 2 N–H and O–H groups in total. The Morgan fingerprint density at radius 2 is 1.00 bits per heavy atom. The Hall–Kier alpha value is 1.53. The van der Waals surface area contributed by atoms with Crippen LogP contribution in [0.1, 0.15) is 0 Å². The molecule has 0 saturated carbocycles. The van der Waals surface area contributed by atoms with Crippen molar-refractivity contribution in [2.45, 2.75) is 0 Å². The third kappa shape index (κ3) is 9.66. The van der Waals surface area contributed by atoms with Crippen molar-refractivity contribution in [2.75, 3.05) is 0 Å². The van der Waals surface area contributed by atoms with E-state index >= 15 is 0 Å². The molecule has 26 valence electrons. The molecule has 0 rings (SSSR count). The van der Waals surface area contributed by atoms with Crippen molar-refractivity contribution < 1.29 is 10.2 Å². The second-order valence-electron chi connectivity index (χ2n) is 0. The van der Waals surface area contributed by atoms with Crippen molar-refractivity contribution in [3.63, 3.8) is 0 Å². The predicted molar refractivity (Wildman–Crippen MR) is 24.6 cm³/mol. The number of hydrogen-bond donors (Lipinski definition) is 0. The van der Waals surface area contributed by atoms with Crippen LogP contribution in [-0.2, 0) is 0 Å². The van der Waals surface area contributed by atoms with Gasteiger partial charge >= 0.3 is 48.9 Å². The van der Waals surface area contributed by atoms with Gasteiger partial charge in [-0.25, -0.2) is 0 Å². The second-order valence-corrected chi connectivity index (χ2v) is 0. The van der Waals surface area contributed by atoms with E-state index in [4.69, 9.17) is 0 Å². The fraction of sp³-hybridized carbons (Fsp3) is 0. The van der Waals surface area contributed by atoms with Gasteiger partial charge in [0.1, 0.15) is 0 Å². The maximum atomic E-state index is 0. The molecule has 4 heteroatoms. The van der Waals surface area contributed by atoms with Gasteiger partial charge in [0, 0.05) is 0 Å². The maximum absolute atomic E-state index is 0. The molecular formula is H8BBaFO. The fourth-order valence-electron chi connectivity index (χ4n) is 0.